The molecule has 1 N–H and O–H groups in total. The van der Waals surface area contributed by atoms with Crippen LogP contribution in [-0.2, 0) is 6.54 Å². The molecule has 1 aliphatic carbocycles. The van der Waals surface area contributed by atoms with E-state index in [1.807, 2.05) is 11.3 Å². The fourth-order valence-electron chi connectivity index (χ4n) is 2.45. The van der Waals surface area contributed by atoms with Crippen LogP contribution < -0.4 is 5.32 Å². The number of likely N-dealkylation sites (N-methyl/N-ethyl adjacent to an activating group) is 1. The van der Waals surface area contributed by atoms with Crippen LogP contribution in [0.1, 0.15) is 35.9 Å². The molecule has 2 nitrogen and oxygen atoms in total. The highest BCUT2D eigenvalue weighted by Crippen LogP contribution is 2.26. The summed E-state index contributed by atoms with van der Waals surface area (Å²) < 4.78 is 0. The highest BCUT2D eigenvalue weighted by Gasteiger charge is 2.19. The summed E-state index contributed by atoms with van der Waals surface area (Å²) in [5.74, 6) is 0.991. The first-order valence-corrected chi connectivity index (χ1v) is 8.08. The van der Waals surface area contributed by atoms with Crippen molar-refractivity contribution in [2.24, 2.45) is 5.92 Å². The second kappa shape index (κ2) is 7.27. The molecule has 0 saturated heterocycles. The Morgan fingerprint density at radius 1 is 1.39 bits per heavy atom. The number of hydrogen-bond donors (Lipinski definition) is 1. The number of thiophene rings is 1. The second-order valence-electron chi connectivity index (χ2n) is 5.38. The second-order valence-corrected chi connectivity index (χ2v) is 6.75. The minimum absolute atomic E-state index is 0.991. The largest absolute Gasteiger partial charge is 0.311 e. The van der Waals surface area contributed by atoms with E-state index in [-0.39, 0.29) is 0 Å². The first kappa shape index (κ1) is 14.0. The zero-order valence-electron chi connectivity index (χ0n) is 11.7. The Labute approximate surface area is 115 Å². The lowest BCUT2D eigenvalue weighted by molar-refractivity contribution is 0.184. The molecule has 1 heterocycles. The zero-order valence-corrected chi connectivity index (χ0v) is 12.6. The number of nitrogens with zero attached hydrogens (tertiary/aromatic N) is 1. The Morgan fingerprint density at radius 2 is 2.22 bits per heavy atom. The third kappa shape index (κ3) is 4.38. The molecule has 1 saturated carbocycles. The molecule has 0 amide bonds. The van der Waals surface area contributed by atoms with Gasteiger partial charge in [-0.05, 0) is 44.4 Å². The highest BCUT2D eigenvalue weighted by molar-refractivity contribution is 7.11. The van der Waals surface area contributed by atoms with Crippen LogP contribution in [-0.4, -0.2) is 31.1 Å². The van der Waals surface area contributed by atoms with Crippen molar-refractivity contribution in [3.63, 3.8) is 0 Å². The van der Waals surface area contributed by atoms with Crippen molar-refractivity contribution < 1.29 is 0 Å². The smallest absolute Gasteiger partial charge is 0.0300 e. The maximum Gasteiger partial charge on any atom is 0.0300 e. The first-order valence-electron chi connectivity index (χ1n) is 7.26. The quantitative estimate of drug-likeness (QED) is 0.727. The van der Waals surface area contributed by atoms with Gasteiger partial charge >= 0.3 is 0 Å². The normalized spacial score (nSPS) is 16.2. The summed E-state index contributed by atoms with van der Waals surface area (Å²) in [6.07, 6.45) is 4.37. The molecule has 0 aliphatic heterocycles. The standard InChI is InChI=1S/C15H26N2S/c1-3-17(12-14-5-4-6-14)10-9-16-11-15-8-7-13(2)18-15/h7-8,14,16H,3-6,9-12H2,1-2H3. The van der Waals surface area contributed by atoms with Gasteiger partial charge < -0.3 is 10.2 Å². The molecule has 1 aromatic heterocycles. The SMILES string of the molecule is CCN(CCNCc1ccc(C)s1)CC1CCC1. The van der Waals surface area contributed by atoms with Gasteiger partial charge in [0.2, 0.25) is 0 Å². The Bertz CT molecular complexity index is 344. The van der Waals surface area contributed by atoms with E-state index in [0.29, 0.717) is 0 Å². The van der Waals surface area contributed by atoms with Crippen LogP contribution in [0, 0.1) is 12.8 Å². The van der Waals surface area contributed by atoms with E-state index in [1.165, 1.54) is 48.7 Å². The summed E-state index contributed by atoms with van der Waals surface area (Å²) in [6, 6.07) is 4.44. The van der Waals surface area contributed by atoms with E-state index in [4.69, 9.17) is 0 Å². The lowest BCUT2D eigenvalue weighted by Gasteiger charge is -2.31. The predicted octanol–water partition coefficient (Wildman–Crippen LogP) is 3.27. The summed E-state index contributed by atoms with van der Waals surface area (Å²) >= 11 is 1.90. The van der Waals surface area contributed by atoms with Gasteiger partial charge in [0.1, 0.15) is 0 Å². The Balaban J connectivity index is 1.58. The number of aryl methyl sites for hydroxylation is 1. The molecule has 1 fully saturated rings. The molecule has 0 spiro atoms. The van der Waals surface area contributed by atoms with Gasteiger partial charge in [-0.2, -0.15) is 0 Å². The van der Waals surface area contributed by atoms with Gasteiger partial charge in [0.15, 0.2) is 0 Å². The lowest BCUT2D eigenvalue weighted by Crippen LogP contribution is -2.37. The molecule has 2 rings (SSSR count). The Hall–Kier alpha value is -0.380. The van der Waals surface area contributed by atoms with Crippen LogP contribution >= 0.6 is 11.3 Å². The Kier molecular flexibility index (Phi) is 5.67. The molecular formula is C15H26N2S. The minimum atomic E-state index is 0.991. The highest BCUT2D eigenvalue weighted by atomic mass is 32.1. The van der Waals surface area contributed by atoms with Crippen molar-refractivity contribution in [1.29, 1.82) is 0 Å². The molecule has 0 radical (unpaired) electrons. The van der Waals surface area contributed by atoms with E-state index in [2.05, 4.69) is 36.2 Å². The van der Waals surface area contributed by atoms with Gasteiger partial charge in [0, 0.05) is 35.9 Å². The number of rotatable bonds is 8. The van der Waals surface area contributed by atoms with Gasteiger partial charge in [0.25, 0.3) is 0 Å². The molecule has 0 bridgehead atoms. The van der Waals surface area contributed by atoms with E-state index >= 15 is 0 Å². The molecule has 0 aromatic carbocycles. The van der Waals surface area contributed by atoms with Gasteiger partial charge in [-0.25, -0.2) is 0 Å². The molecule has 0 unspecified atom stereocenters. The molecule has 0 atom stereocenters. The summed E-state index contributed by atoms with van der Waals surface area (Å²) in [5.41, 5.74) is 0. The van der Waals surface area contributed by atoms with Crippen LogP contribution in [0.2, 0.25) is 0 Å². The molecule has 1 aromatic rings. The van der Waals surface area contributed by atoms with Crippen molar-refractivity contribution in [2.45, 2.75) is 39.7 Å². The van der Waals surface area contributed by atoms with Crippen LogP contribution in [0.5, 0.6) is 0 Å². The molecule has 1 aliphatic rings. The minimum Gasteiger partial charge on any atom is -0.311 e. The third-order valence-corrected chi connectivity index (χ3v) is 4.89. The Morgan fingerprint density at radius 3 is 2.78 bits per heavy atom. The van der Waals surface area contributed by atoms with E-state index in [0.717, 1.165) is 19.0 Å². The molecule has 102 valence electrons. The summed E-state index contributed by atoms with van der Waals surface area (Å²) in [5, 5.41) is 3.56. The predicted molar refractivity (Wildman–Crippen MR) is 80.2 cm³/mol. The van der Waals surface area contributed by atoms with Crippen LogP contribution in [0.25, 0.3) is 0 Å². The van der Waals surface area contributed by atoms with Crippen molar-refractivity contribution in [3.05, 3.63) is 21.9 Å². The lowest BCUT2D eigenvalue weighted by atomic mass is 9.85. The maximum absolute atomic E-state index is 3.56. The average molecular weight is 266 g/mol. The van der Waals surface area contributed by atoms with E-state index in [9.17, 15) is 0 Å². The van der Waals surface area contributed by atoms with Gasteiger partial charge in [0.05, 0.1) is 0 Å². The van der Waals surface area contributed by atoms with Crippen LogP contribution in [0.3, 0.4) is 0 Å². The number of nitrogens with one attached hydrogen (secondary N) is 1. The van der Waals surface area contributed by atoms with Gasteiger partial charge in [-0.3, -0.25) is 0 Å². The van der Waals surface area contributed by atoms with Crippen molar-refractivity contribution in [1.82, 2.24) is 10.2 Å². The fourth-order valence-corrected chi connectivity index (χ4v) is 3.31. The fraction of sp³-hybridized carbons (Fsp3) is 0.733. The first-order chi connectivity index (χ1) is 8.78. The van der Waals surface area contributed by atoms with Crippen molar-refractivity contribution >= 4 is 11.3 Å². The summed E-state index contributed by atoms with van der Waals surface area (Å²) in [4.78, 5) is 5.46. The monoisotopic (exact) mass is 266 g/mol. The summed E-state index contributed by atoms with van der Waals surface area (Å²) in [6.45, 7) is 10.3. The van der Waals surface area contributed by atoms with Crippen LogP contribution in [0.15, 0.2) is 12.1 Å². The molecule has 18 heavy (non-hydrogen) atoms. The van der Waals surface area contributed by atoms with Crippen LogP contribution in [0.4, 0.5) is 0 Å². The third-order valence-electron chi connectivity index (χ3n) is 3.89. The molecular weight excluding hydrogens is 240 g/mol. The summed E-state index contributed by atoms with van der Waals surface area (Å²) in [7, 11) is 0. The topological polar surface area (TPSA) is 15.3 Å². The van der Waals surface area contributed by atoms with Crippen molar-refractivity contribution in [3.8, 4) is 0 Å². The van der Waals surface area contributed by atoms with E-state index in [1.54, 1.807) is 0 Å². The number of hydrogen-bond acceptors (Lipinski definition) is 3. The maximum atomic E-state index is 3.56. The van der Waals surface area contributed by atoms with Gasteiger partial charge in [-0.15, -0.1) is 11.3 Å². The average Bonchev–Trinajstić information content (AvgIpc) is 2.72. The molecule has 3 heteroatoms. The van der Waals surface area contributed by atoms with E-state index < -0.39 is 0 Å². The van der Waals surface area contributed by atoms with Crippen molar-refractivity contribution in [2.75, 3.05) is 26.2 Å². The zero-order chi connectivity index (χ0) is 12.8. The van der Waals surface area contributed by atoms with Gasteiger partial charge in [-0.1, -0.05) is 13.3 Å².